The predicted octanol–water partition coefficient (Wildman–Crippen LogP) is 2.40. The molecule has 2 aromatic heterocycles. The summed E-state index contributed by atoms with van der Waals surface area (Å²) in [7, 11) is 0. The van der Waals surface area contributed by atoms with Gasteiger partial charge in [-0.3, -0.25) is 4.79 Å². The molecule has 0 atom stereocenters. The molecule has 0 spiro atoms. The summed E-state index contributed by atoms with van der Waals surface area (Å²) in [6.45, 7) is 1.31. The molecule has 4 rings (SSSR count). The van der Waals surface area contributed by atoms with Crippen molar-refractivity contribution in [2.75, 3.05) is 6.54 Å². The average molecular weight is 292 g/mol. The molecule has 3 heterocycles. The zero-order chi connectivity index (χ0) is 14.9. The number of nitrogens with zero attached hydrogens (tertiary/aromatic N) is 3. The molecule has 0 saturated carbocycles. The number of benzene rings is 1. The van der Waals surface area contributed by atoms with Gasteiger partial charge in [0.15, 0.2) is 0 Å². The number of fused-ring (bicyclic) bond motifs is 1. The van der Waals surface area contributed by atoms with Crippen LogP contribution in [0.4, 0.5) is 0 Å². The minimum atomic E-state index is 0.0641. The highest BCUT2D eigenvalue weighted by Gasteiger charge is 2.23. The van der Waals surface area contributed by atoms with Crippen molar-refractivity contribution < 1.29 is 4.79 Å². The van der Waals surface area contributed by atoms with Crippen molar-refractivity contribution in [2.45, 2.75) is 13.0 Å². The van der Waals surface area contributed by atoms with Crippen LogP contribution in [0, 0.1) is 0 Å². The van der Waals surface area contributed by atoms with E-state index in [9.17, 15) is 4.79 Å². The standard InChI is InChI=1S/C17H16N4O/c22-17(21-9-6-15-16(11-21)19-12-18-15)13-4-3-5-14(10-13)20-7-1-2-8-20/h1-5,7-8,10,12H,6,9,11H2,(H,18,19). The van der Waals surface area contributed by atoms with Gasteiger partial charge in [-0.05, 0) is 30.3 Å². The fraction of sp³-hybridized carbons (Fsp3) is 0.176. The van der Waals surface area contributed by atoms with Crippen LogP contribution in [0.1, 0.15) is 21.7 Å². The van der Waals surface area contributed by atoms with Crippen LogP contribution in [-0.2, 0) is 13.0 Å². The van der Waals surface area contributed by atoms with Crippen LogP contribution in [0.3, 0.4) is 0 Å². The van der Waals surface area contributed by atoms with Crippen LogP contribution in [0.2, 0.25) is 0 Å². The van der Waals surface area contributed by atoms with Gasteiger partial charge in [-0.1, -0.05) is 6.07 Å². The summed E-state index contributed by atoms with van der Waals surface area (Å²) in [5.74, 6) is 0.0641. The van der Waals surface area contributed by atoms with Gasteiger partial charge in [-0.25, -0.2) is 4.98 Å². The number of hydrogen-bond acceptors (Lipinski definition) is 2. The van der Waals surface area contributed by atoms with Gasteiger partial charge in [0, 0.05) is 36.6 Å². The van der Waals surface area contributed by atoms with E-state index in [0.29, 0.717) is 18.7 Å². The topological polar surface area (TPSA) is 53.9 Å². The Bertz CT molecular complexity index is 804. The van der Waals surface area contributed by atoms with Crippen LogP contribution in [0.5, 0.6) is 0 Å². The molecule has 0 aliphatic carbocycles. The SMILES string of the molecule is O=C(c1cccc(-n2cccc2)c1)N1CCc2nc[nH]c2C1. The Morgan fingerprint density at radius 3 is 2.91 bits per heavy atom. The smallest absolute Gasteiger partial charge is 0.254 e. The zero-order valence-electron chi connectivity index (χ0n) is 12.1. The molecule has 0 bridgehead atoms. The summed E-state index contributed by atoms with van der Waals surface area (Å²) in [5, 5.41) is 0. The van der Waals surface area contributed by atoms with Crippen LogP contribution < -0.4 is 0 Å². The van der Waals surface area contributed by atoms with Crippen LogP contribution >= 0.6 is 0 Å². The Balaban J connectivity index is 1.60. The molecule has 5 heteroatoms. The van der Waals surface area contributed by atoms with Gasteiger partial charge in [0.25, 0.3) is 5.91 Å². The van der Waals surface area contributed by atoms with Crippen molar-refractivity contribution in [2.24, 2.45) is 0 Å². The lowest BCUT2D eigenvalue weighted by atomic mass is 10.1. The van der Waals surface area contributed by atoms with E-state index in [4.69, 9.17) is 0 Å². The lowest BCUT2D eigenvalue weighted by Crippen LogP contribution is -2.36. The minimum Gasteiger partial charge on any atom is -0.347 e. The van der Waals surface area contributed by atoms with Crippen LogP contribution in [0.15, 0.2) is 55.1 Å². The Morgan fingerprint density at radius 1 is 1.18 bits per heavy atom. The summed E-state index contributed by atoms with van der Waals surface area (Å²) < 4.78 is 2.00. The first-order valence-electron chi connectivity index (χ1n) is 7.35. The number of carbonyl (C=O) groups is 1. The number of H-pyrrole nitrogens is 1. The van der Waals surface area contributed by atoms with Gasteiger partial charge in [-0.2, -0.15) is 0 Å². The molecular formula is C17H16N4O. The summed E-state index contributed by atoms with van der Waals surface area (Å²) in [4.78, 5) is 22.0. The van der Waals surface area contributed by atoms with E-state index in [1.807, 2.05) is 58.3 Å². The zero-order valence-corrected chi connectivity index (χ0v) is 12.1. The molecule has 22 heavy (non-hydrogen) atoms. The maximum Gasteiger partial charge on any atom is 0.254 e. The maximum absolute atomic E-state index is 12.7. The molecule has 1 amide bonds. The second-order valence-electron chi connectivity index (χ2n) is 5.45. The molecule has 5 nitrogen and oxygen atoms in total. The molecule has 1 aliphatic heterocycles. The van der Waals surface area contributed by atoms with Gasteiger partial charge in [0.2, 0.25) is 0 Å². The first-order valence-corrected chi connectivity index (χ1v) is 7.35. The van der Waals surface area contributed by atoms with Gasteiger partial charge < -0.3 is 14.5 Å². The highest BCUT2D eigenvalue weighted by atomic mass is 16.2. The number of rotatable bonds is 2. The van der Waals surface area contributed by atoms with E-state index in [2.05, 4.69) is 9.97 Å². The van der Waals surface area contributed by atoms with Gasteiger partial charge in [0.05, 0.1) is 24.3 Å². The summed E-state index contributed by atoms with van der Waals surface area (Å²) in [5.41, 5.74) is 3.83. The maximum atomic E-state index is 12.7. The van der Waals surface area contributed by atoms with Gasteiger partial charge in [-0.15, -0.1) is 0 Å². The second kappa shape index (κ2) is 5.18. The predicted molar refractivity (Wildman–Crippen MR) is 82.8 cm³/mol. The van der Waals surface area contributed by atoms with Gasteiger partial charge in [0.1, 0.15) is 0 Å². The molecule has 0 saturated heterocycles. The van der Waals surface area contributed by atoms with Crippen LogP contribution in [-0.4, -0.2) is 31.9 Å². The van der Waals surface area contributed by atoms with Crippen molar-refractivity contribution in [1.29, 1.82) is 0 Å². The normalized spacial score (nSPS) is 13.9. The number of aromatic nitrogens is 3. The Morgan fingerprint density at radius 2 is 2.05 bits per heavy atom. The number of hydrogen-bond donors (Lipinski definition) is 1. The molecule has 1 aromatic carbocycles. The van der Waals surface area contributed by atoms with Crippen molar-refractivity contribution in [3.8, 4) is 5.69 Å². The Hall–Kier alpha value is -2.82. The van der Waals surface area contributed by atoms with Crippen molar-refractivity contribution in [3.05, 3.63) is 72.1 Å². The third-order valence-corrected chi connectivity index (χ3v) is 4.06. The van der Waals surface area contributed by atoms with E-state index in [1.54, 1.807) is 6.33 Å². The molecule has 110 valence electrons. The first kappa shape index (κ1) is 12.9. The highest BCUT2D eigenvalue weighted by molar-refractivity contribution is 5.94. The summed E-state index contributed by atoms with van der Waals surface area (Å²) >= 11 is 0. The van der Waals surface area contributed by atoms with E-state index in [-0.39, 0.29) is 5.91 Å². The average Bonchev–Trinajstić information content (AvgIpc) is 3.25. The number of nitrogens with one attached hydrogen (secondary N) is 1. The Labute approximate surface area is 128 Å². The van der Waals surface area contributed by atoms with Crippen LogP contribution in [0.25, 0.3) is 5.69 Å². The third kappa shape index (κ3) is 2.20. The fourth-order valence-corrected chi connectivity index (χ4v) is 2.87. The molecule has 0 unspecified atom stereocenters. The van der Waals surface area contributed by atoms with Crippen molar-refractivity contribution in [1.82, 2.24) is 19.4 Å². The quantitative estimate of drug-likeness (QED) is 0.788. The second-order valence-corrected chi connectivity index (χ2v) is 5.45. The Kier molecular flexibility index (Phi) is 3.04. The molecule has 0 fully saturated rings. The number of aromatic amines is 1. The monoisotopic (exact) mass is 292 g/mol. The van der Waals surface area contributed by atoms with Crippen molar-refractivity contribution in [3.63, 3.8) is 0 Å². The minimum absolute atomic E-state index is 0.0641. The van der Waals surface area contributed by atoms with E-state index < -0.39 is 0 Å². The van der Waals surface area contributed by atoms with E-state index >= 15 is 0 Å². The largest absolute Gasteiger partial charge is 0.347 e. The fourth-order valence-electron chi connectivity index (χ4n) is 2.87. The molecule has 1 aliphatic rings. The van der Waals surface area contributed by atoms with E-state index in [0.717, 1.165) is 23.5 Å². The summed E-state index contributed by atoms with van der Waals surface area (Å²) in [6, 6.07) is 11.7. The number of imidazole rings is 1. The lowest BCUT2D eigenvalue weighted by Gasteiger charge is -2.26. The molecular weight excluding hydrogens is 276 g/mol. The highest BCUT2D eigenvalue weighted by Crippen LogP contribution is 2.19. The molecule has 3 aromatic rings. The lowest BCUT2D eigenvalue weighted by molar-refractivity contribution is 0.0732. The first-order chi connectivity index (χ1) is 10.8. The van der Waals surface area contributed by atoms with Gasteiger partial charge >= 0.3 is 0 Å². The molecule has 0 radical (unpaired) electrons. The molecule has 1 N–H and O–H groups in total. The third-order valence-electron chi connectivity index (χ3n) is 4.06. The number of carbonyl (C=O) groups excluding carboxylic acids is 1. The number of amides is 1. The van der Waals surface area contributed by atoms with Crippen molar-refractivity contribution >= 4 is 5.91 Å². The summed E-state index contributed by atoms with van der Waals surface area (Å²) in [6.07, 6.45) is 6.45. The van der Waals surface area contributed by atoms with E-state index in [1.165, 1.54) is 0 Å².